The minimum Gasteiger partial charge on any atom is -0.367 e. The molecule has 2 N–H and O–H groups in total. The highest BCUT2D eigenvalue weighted by atomic mass is 35.5. The maximum atomic E-state index is 5.95. The van der Waals surface area contributed by atoms with Crippen LogP contribution in [0, 0.1) is 5.92 Å². The maximum Gasteiger partial charge on any atom is 0.230 e. The molecule has 0 aliphatic heterocycles. The van der Waals surface area contributed by atoms with Crippen LogP contribution >= 0.6 is 11.6 Å². The zero-order valence-electron chi connectivity index (χ0n) is 11.4. The van der Waals surface area contributed by atoms with Gasteiger partial charge in [0.25, 0.3) is 0 Å². The molecule has 1 heterocycles. The Kier molecular flexibility index (Phi) is 3.97. The molecule has 0 spiro atoms. The van der Waals surface area contributed by atoms with Crippen LogP contribution < -0.4 is 5.73 Å². The Bertz CT molecular complexity index is 571. The first-order valence-corrected chi connectivity index (χ1v) is 7.62. The first-order valence-electron chi connectivity index (χ1n) is 7.24. The number of hydrogen-bond acceptors (Lipinski definition) is 3. The van der Waals surface area contributed by atoms with Crippen LogP contribution in [0.1, 0.15) is 37.8 Å². The van der Waals surface area contributed by atoms with E-state index >= 15 is 0 Å². The molecular weight excluding hydrogens is 272 g/mol. The predicted octanol–water partition coefficient (Wildman–Crippen LogP) is 4.70. The third-order valence-corrected chi connectivity index (χ3v) is 4.38. The van der Waals surface area contributed by atoms with Crippen molar-refractivity contribution in [2.24, 2.45) is 5.92 Å². The summed E-state index contributed by atoms with van der Waals surface area (Å²) in [5, 5.41) is 4.90. The van der Waals surface area contributed by atoms with Crippen molar-refractivity contribution < 1.29 is 4.52 Å². The summed E-state index contributed by atoms with van der Waals surface area (Å²) in [6.07, 6.45) is 7.54. The van der Waals surface area contributed by atoms with Crippen molar-refractivity contribution in [2.45, 2.75) is 38.5 Å². The van der Waals surface area contributed by atoms with Crippen LogP contribution in [0.2, 0.25) is 5.02 Å². The molecule has 0 unspecified atom stereocenters. The molecule has 0 saturated heterocycles. The van der Waals surface area contributed by atoms with Crippen LogP contribution in [0.4, 0.5) is 5.88 Å². The zero-order valence-corrected chi connectivity index (χ0v) is 12.2. The van der Waals surface area contributed by atoms with E-state index in [0.717, 1.165) is 28.3 Å². The standard InChI is InChI=1S/C16H19ClN2O/c17-13-8-6-12(7-9-13)15-14(19-20-16(15)18)10-11-4-2-1-3-5-11/h6-9,11H,1-5,10,18H2. The van der Waals surface area contributed by atoms with Crippen molar-refractivity contribution in [3.63, 3.8) is 0 Å². The van der Waals surface area contributed by atoms with Crippen molar-refractivity contribution in [1.29, 1.82) is 0 Å². The van der Waals surface area contributed by atoms with E-state index in [1.54, 1.807) is 0 Å². The third-order valence-electron chi connectivity index (χ3n) is 4.13. The Morgan fingerprint density at radius 3 is 2.55 bits per heavy atom. The van der Waals surface area contributed by atoms with Gasteiger partial charge in [-0.2, -0.15) is 0 Å². The lowest BCUT2D eigenvalue weighted by Gasteiger charge is -2.20. The summed E-state index contributed by atoms with van der Waals surface area (Å²) in [5.41, 5.74) is 8.90. The number of anilines is 1. The monoisotopic (exact) mass is 290 g/mol. The van der Waals surface area contributed by atoms with Gasteiger partial charge in [0.15, 0.2) is 0 Å². The van der Waals surface area contributed by atoms with Crippen molar-refractivity contribution in [3.05, 3.63) is 35.0 Å². The van der Waals surface area contributed by atoms with Gasteiger partial charge in [0.05, 0.1) is 11.3 Å². The highest BCUT2D eigenvalue weighted by molar-refractivity contribution is 6.30. The van der Waals surface area contributed by atoms with Gasteiger partial charge >= 0.3 is 0 Å². The normalized spacial score (nSPS) is 16.4. The van der Waals surface area contributed by atoms with Crippen LogP contribution in [-0.2, 0) is 6.42 Å². The first-order chi connectivity index (χ1) is 9.74. The summed E-state index contributed by atoms with van der Waals surface area (Å²) < 4.78 is 5.22. The van der Waals surface area contributed by atoms with Gasteiger partial charge in [0, 0.05) is 5.02 Å². The van der Waals surface area contributed by atoms with Gasteiger partial charge in [-0.25, -0.2) is 0 Å². The van der Waals surface area contributed by atoms with E-state index in [-0.39, 0.29) is 0 Å². The smallest absolute Gasteiger partial charge is 0.230 e. The largest absolute Gasteiger partial charge is 0.367 e. The van der Waals surface area contributed by atoms with Crippen molar-refractivity contribution in [1.82, 2.24) is 5.16 Å². The number of halogens is 1. The van der Waals surface area contributed by atoms with Crippen LogP contribution in [0.3, 0.4) is 0 Å². The fourth-order valence-corrected chi connectivity index (χ4v) is 3.19. The molecule has 1 fully saturated rings. The van der Waals surface area contributed by atoms with Gasteiger partial charge in [-0.15, -0.1) is 0 Å². The molecule has 4 heteroatoms. The minimum absolute atomic E-state index is 0.401. The minimum atomic E-state index is 0.401. The number of nitrogens with two attached hydrogens (primary N) is 1. The average Bonchev–Trinajstić information content (AvgIpc) is 2.82. The number of nitrogens with zero attached hydrogens (tertiary/aromatic N) is 1. The Labute approximate surface area is 124 Å². The zero-order chi connectivity index (χ0) is 13.9. The van der Waals surface area contributed by atoms with Gasteiger partial charge in [-0.1, -0.05) is 61.0 Å². The van der Waals surface area contributed by atoms with Gasteiger partial charge in [-0.3, -0.25) is 0 Å². The third kappa shape index (κ3) is 2.83. The topological polar surface area (TPSA) is 52.0 Å². The number of nitrogen functional groups attached to an aromatic ring is 1. The molecule has 3 nitrogen and oxygen atoms in total. The number of hydrogen-bond donors (Lipinski definition) is 1. The fraction of sp³-hybridized carbons (Fsp3) is 0.438. The number of rotatable bonds is 3. The quantitative estimate of drug-likeness (QED) is 0.891. The van der Waals surface area contributed by atoms with Crippen LogP contribution in [0.15, 0.2) is 28.8 Å². The molecule has 1 aliphatic carbocycles. The molecule has 2 aromatic rings. The lowest BCUT2D eigenvalue weighted by Crippen LogP contribution is -2.10. The highest BCUT2D eigenvalue weighted by Crippen LogP contribution is 2.34. The first kappa shape index (κ1) is 13.5. The van der Waals surface area contributed by atoms with Crippen LogP contribution in [0.25, 0.3) is 11.1 Å². The van der Waals surface area contributed by atoms with Gasteiger partial charge in [0.2, 0.25) is 5.88 Å². The Morgan fingerprint density at radius 2 is 1.85 bits per heavy atom. The summed E-state index contributed by atoms with van der Waals surface area (Å²) in [6, 6.07) is 7.67. The van der Waals surface area contributed by atoms with Gasteiger partial charge in [0.1, 0.15) is 0 Å². The molecule has 1 aromatic carbocycles. The van der Waals surface area contributed by atoms with E-state index in [4.69, 9.17) is 21.9 Å². The average molecular weight is 291 g/mol. The predicted molar refractivity (Wildman–Crippen MR) is 81.6 cm³/mol. The van der Waals surface area contributed by atoms with Crippen LogP contribution in [-0.4, -0.2) is 5.16 Å². The second-order valence-corrected chi connectivity index (χ2v) is 6.02. The molecule has 0 amide bonds. The van der Waals surface area contributed by atoms with E-state index in [9.17, 15) is 0 Å². The summed E-state index contributed by atoms with van der Waals surface area (Å²) in [7, 11) is 0. The van der Waals surface area contributed by atoms with Crippen molar-refractivity contribution >= 4 is 17.5 Å². The maximum absolute atomic E-state index is 5.95. The van der Waals surface area contributed by atoms with E-state index in [0.29, 0.717) is 11.8 Å². The summed E-state index contributed by atoms with van der Waals surface area (Å²) in [4.78, 5) is 0. The number of aromatic nitrogens is 1. The van der Waals surface area contributed by atoms with E-state index in [1.807, 2.05) is 24.3 Å². The Morgan fingerprint density at radius 1 is 1.15 bits per heavy atom. The summed E-state index contributed by atoms with van der Waals surface area (Å²) >= 11 is 5.94. The molecule has 3 rings (SSSR count). The summed E-state index contributed by atoms with van der Waals surface area (Å²) in [5.74, 6) is 1.11. The lowest BCUT2D eigenvalue weighted by molar-refractivity contribution is 0.345. The molecule has 20 heavy (non-hydrogen) atoms. The Hall–Kier alpha value is -1.48. The van der Waals surface area contributed by atoms with E-state index < -0.39 is 0 Å². The molecule has 0 atom stereocenters. The molecule has 106 valence electrons. The van der Waals surface area contributed by atoms with Gasteiger partial charge < -0.3 is 10.3 Å². The highest BCUT2D eigenvalue weighted by Gasteiger charge is 2.21. The fourth-order valence-electron chi connectivity index (χ4n) is 3.07. The molecule has 1 saturated carbocycles. The second-order valence-electron chi connectivity index (χ2n) is 5.58. The van der Waals surface area contributed by atoms with Crippen LogP contribution in [0.5, 0.6) is 0 Å². The SMILES string of the molecule is Nc1onc(CC2CCCCC2)c1-c1ccc(Cl)cc1. The lowest BCUT2D eigenvalue weighted by atomic mass is 9.85. The Balaban J connectivity index is 1.86. The van der Waals surface area contributed by atoms with Crippen molar-refractivity contribution in [2.75, 3.05) is 5.73 Å². The molecule has 0 radical (unpaired) electrons. The molecular formula is C16H19ClN2O. The van der Waals surface area contributed by atoms with E-state index in [1.165, 1.54) is 32.1 Å². The van der Waals surface area contributed by atoms with E-state index in [2.05, 4.69) is 5.16 Å². The molecule has 1 aliphatic rings. The molecule has 0 bridgehead atoms. The molecule has 1 aromatic heterocycles. The second kappa shape index (κ2) is 5.88. The summed E-state index contributed by atoms with van der Waals surface area (Å²) in [6.45, 7) is 0. The number of benzene rings is 1. The van der Waals surface area contributed by atoms with Crippen molar-refractivity contribution in [3.8, 4) is 11.1 Å². The van der Waals surface area contributed by atoms with Gasteiger partial charge in [-0.05, 0) is 30.0 Å².